The summed E-state index contributed by atoms with van der Waals surface area (Å²) < 4.78 is 13.9. The zero-order chi connectivity index (χ0) is 16.1. The highest BCUT2D eigenvalue weighted by atomic mass is 35.5. The van der Waals surface area contributed by atoms with E-state index in [9.17, 15) is 9.18 Å². The van der Waals surface area contributed by atoms with Crippen LogP contribution in [0.5, 0.6) is 0 Å². The zero-order valence-electron chi connectivity index (χ0n) is 12.3. The maximum absolute atomic E-state index is 13.9. The van der Waals surface area contributed by atoms with Crippen LogP contribution in [0.25, 0.3) is 0 Å². The molecule has 0 unspecified atom stereocenters. The van der Waals surface area contributed by atoms with Crippen LogP contribution in [0.2, 0.25) is 5.02 Å². The van der Waals surface area contributed by atoms with Gasteiger partial charge >= 0.3 is 0 Å². The van der Waals surface area contributed by atoms with Crippen LogP contribution in [0, 0.1) is 5.82 Å². The molecule has 0 aliphatic heterocycles. The first-order valence-corrected chi connectivity index (χ1v) is 7.16. The van der Waals surface area contributed by atoms with Crippen molar-refractivity contribution in [2.24, 2.45) is 0 Å². The molecule has 0 radical (unpaired) electrons. The number of carbonyl (C=O) groups excluding carboxylic acids is 1. The van der Waals surface area contributed by atoms with Crippen LogP contribution < -0.4 is 5.32 Å². The Morgan fingerprint density at radius 3 is 2.59 bits per heavy atom. The largest absolute Gasteiger partial charge is 0.357 e. The molecule has 0 spiro atoms. The molecular weight excluding hydrogens is 307 g/mol. The smallest absolute Gasteiger partial charge is 0.257 e. The summed E-state index contributed by atoms with van der Waals surface area (Å²) in [6.07, 6.45) is 2.87. The summed E-state index contributed by atoms with van der Waals surface area (Å²) in [5, 5.41) is 3.08. The molecule has 0 fully saturated rings. The Kier molecular flexibility index (Phi) is 5.27. The van der Waals surface area contributed by atoms with Crippen LogP contribution in [0.15, 0.2) is 30.6 Å². The van der Waals surface area contributed by atoms with Crippen LogP contribution in [0.4, 0.5) is 10.3 Å². The molecule has 1 aromatic carbocycles. The van der Waals surface area contributed by atoms with E-state index < -0.39 is 5.82 Å². The molecule has 0 bridgehead atoms. The van der Waals surface area contributed by atoms with E-state index in [1.165, 1.54) is 29.4 Å². The van der Waals surface area contributed by atoms with E-state index in [-0.39, 0.29) is 12.5 Å². The number of anilines is 1. The molecule has 0 saturated carbocycles. The SMILES string of the molecule is CCN(Cc1c(F)cccc1Cl)C(=O)c1cnc(NC)nc1. The van der Waals surface area contributed by atoms with E-state index in [0.29, 0.717) is 28.6 Å². The summed E-state index contributed by atoms with van der Waals surface area (Å²) in [6, 6.07) is 4.46. The van der Waals surface area contributed by atoms with Gasteiger partial charge in [0.25, 0.3) is 5.91 Å². The average molecular weight is 323 g/mol. The number of nitrogens with zero attached hydrogens (tertiary/aromatic N) is 3. The zero-order valence-corrected chi connectivity index (χ0v) is 13.1. The summed E-state index contributed by atoms with van der Waals surface area (Å²) in [5.41, 5.74) is 0.639. The van der Waals surface area contributed by atoms with Gasteiger partial charge in [0.15, 0.2) is 0 Å². The van der Waals surface area contributed by atoms with Crippen molar-refractivity contribution in [1.29, 1.82) is 0 Å². The van der Waals surface area contributed by atoms with Crippen molar-refractivity contribution in [1.82, 2.24) is 14.9 Å². The van der Waals surface area contributed by atoms with Gasteiger partial charge in [-0.2, -0.15) is 0 Å². The lowest BCUT2D eigenvalue weighted by Gasteiger charge is -2.21. The molecule has 1 amide bonds. The maximum atomic E-state index is 13.9. The third-order valence-electron chi connectivity index (χ3n) is 3.20. The van der Waals surface area contributed by atoms with Gasteiger partial charge in [-0.25, -0.2) is 14.4 Å². The fourth-order valence-corrected chi connectivity index (χ4v) is 2.17. The predicted molar refractivity (Wildman–Crippen MR) is 83.4 cm³/mol. The fraction of sp³-hybridized carbons (Fsp3) is 0.267. The molecule has 0 atom stereocenters. The van der Waals surface area contributed by atoms with Gasteiger partial charge in [0.2, 0.25) is 5.95 Å². The number of amides is 1. The van der Waals surface area contributed by atoms with Crippen LogP contribution >= 0.6 is 11.6 Å². The van der Waals surface area contributed by atoms with Crippen molar-refractivity contribution < 1.29 is 9.18 Å². The Bertz CT molecular complexity index is 643. The minimum Gasteiger partial charge on any atom is -0.357 e. The summed E-state index contributed by atoms with van der Waals surface area (Å²) in [5.74, 6) is -0.276. The number of nitrogens with one attached hydrogen (secondary N) is 1. The minimum absolute atomic E-state index is 0.0919. The van der Waals surface area contributed by atoms with E-state index in [4.69, 9.17) is 11.6 Å². The van der Waals surface area contributed by atoms with Crippen molar-refractivity contribution in [2.45, 2.75) is 13.5 Å². The molecule has 2 rings (SSSR count). The Balaban J connectivity index is 2.21. The van der Waals surface area contributed by atoms with Gasteiger partial charge in [-0.15, -0.1) is 0 Å². The number of carbonyl (C=O) groups is 1. The lowest BCUT2D eigenvalue weighted by molar-refractivity contribution is 0.0750. The first-order valence-electron chi connectivity index (χ1n) is 6.78. The number of hydrogen-bond acceptors (Lipinski definition) is 4. The molecule has 116 valence electrons. The first-order chi connectivity index (χ1) is 10.6. The molecule has 1 N–H and O–H groups in total. The number of rotatable bonds is 5. The number of halogens is 2. The minimum atomic E-state index is -0.430. The number of hydrogen-bond donors (Lipinski definition) is 1. The highest BCUT2D eigenvalue weighted by Crippen LogP contribution is 2.21. The molecule has 1 heterocycles. The van der Waals surface area contributed by atoms with Crippen molar-refractivity contribution in [3.63, 3.8) is 0 Å². The lowest BCUT2D eigenvalue weighted by Crippen LogP contribution is -2.31. The van der Waals surface area contributed by atoms with Crippen LogP contribution in [0.3, 0.4) is 0 Å². The molecule has 7 heteroatoms. The van der Waals surface area contributed by atoms with E-state index in [1.54, 1.807) is 13.1 Å². The van der Waals surface area contributed by atoms with Crippen molar-refractivity contribution in [2.75, 3.05) is 18.9 Å². The van der Waals surface area contributed by atoms with Crippen LogP contribution in [-0.4, -0.2) is 34.4 Å². The second kappa shape index (κ2) is 7.17. The normalized spacial score (nSPS) is 10.4. The van der Waals surface area contributed by atoms with Crippen LogP contribution in [0.1, 0.15) is 22.8 Å². The van der Waals surface area contributed by atoms with Gasteiger partial charge in [-0.05, 0) is 19.1 Å². The number of aromatic nitrogens is 2. The molecule has 0 saturated heterocycles. The van der Waals surface area contributed by atoms with E-state index >= 15 is 0 Å². The Morgan fingerprint density at radius 2 is 2.05 bits per heavy atom. The van der Waals surface area contributed by atoms with E-state index in [2.05, 4.69) is 15.3 Å². The average Bonchev–Trinajstić information content (AvgIpc) is 2.54. The monoisotopic (exact) mass is 322 g/mol. The van der Waals surface area contributed by atoms with E-state index in [1.807, 2.05) is 6.92 Å². The second-order valence-corrected chi connectivity index (χ2v) is 4.97. The first kappa shape index (κ1) is 16.2. The van der Waals surface area contributed by atoms with Crippen LogP contribution in [-0.2, 0) is 6.54 Å². The van der Waals surface area contributed by atoms with Gasteiger partial charge in [0.05, 0.1) is 12.1 Å². The van der Waals surface area contributed by atoms with Crippen molar-refractivity contribution in [3.05, 3.63) is 52.6 Å². The molecule has 5 nitrogen and oxygen atoms in total. The third-order valence-corrected chi connectivity index (χ3v) is 3.56. The topological polar surface area (TPSA) is 58.1 Å². The number of benzene rings is 1. The molecule has 0 aliphatic rings. The molecule has 2 aromatic rings. The van der Waals surface area contributed by atoms with Gasteiger partial charge in [0.1, 0.15) is 5.82 Å². The van der Waals surface area contributed by atoms with Gasteiger partial charge in [0, 0.05) is 36.6 Å². The second-order valence-electron chi connectivity index (χ2n) is 4.56. The Morgan fingerprint density at radius 1 is 1.36 bits per heavy atom. The predicted octanol–water partition coefficient (Wildman–Crippen LogP) is 2.97. The molecular formula is C15H16ClFN4O. The van der Waals surface area contributed by atoms with Crippen molar-refractivity contribution >= 4 is 23.5 Å². The highest BCUT2D eigenvalue weighted by Gasteiger charge is 2.18. The summed E-state index contributed by atoms with van der Waals surface area (Å²) >= 11 is 6.01. The van der Waals surface area contributed by atoms with Crippen molar-refractivity contribution in [3.8, 4) is 0 Å². The Labute approximate surface area is 133 Å². The quantitative estimate of drug-likeness (QED) is 0.919. The fourth-order valence-electron chi connectivity index (χ4n) is 1.95. The van der Waals surface area contributed by atoms with Gasteiger partial charge < -0.3 is 10.2 Å². The molecule has 0 aliphatic carbocycles. The van der Waals surface area contributed by atoms with E-state index in [0.717, 1.165) is 0 Å². The molecule has 22 heavy (non-hydrogen) atoms. The third kappa shape index (κ3) is 3.51. The standard InChI is InChI=1S/C15H16ClFN4O/c1-3-21(9-11-12(16)5-4-6-13(11)17)14(22)10-7-19-15(18-2)20-8-10/h4-8H,3,9H2,1-2H3,(H,18,19,20). The van der Waals surface area contributed by atoms with Gasteiger partial charge in [-0.3, -0.25) is 4.79 Å². The molecule has 1 aromatic heterocycles. The lowest BCUT2D eigenvalue weighted by atomic mass is 10.2. The summed E-state index contributed by atoms with van der Waals surface area (Å²) in [4.78, 5) is 22.0. The summed E-state index contributed by atoms with van der Waals surface area (Å²) in [6.45, 7) is 2.32. The van der Waals surface area contributed by atoms with Gasteiger partial charge in [-0.1, -0.05) is 17.7 Å². The highest BCUT2D eigenvalue weighted by molar-refractivity contribution is 6.31. The summed E-state index contributed by atoms with van der Waals surface area (Å²) in [7, 11) is 1.69. The maximum Gasteiger partial charge on any atom is 0.257 e. The Hall–Kier alpha value is -2.21.